The quantitative estimate of drug-likeness (QED) is 0.801. The Hall–Kier alpha value is -0.720. The molecule has 1 aliphatic rings. The van der Waals surface area contributed by atoms with Gasteiger partial charge in [0.15, 0.2) is 3.95 Å². The predicted octanol–water partition coefficient (Wildman–Crippen LogP) is 1.64. The smallest absolute Gasteiger partial charge is 0.228 e. The number of thiazole rings is 1. The molecular weight excluding hydrogens is 256 g/mol. The largest absolute Gasteiger partial charge is 0.395 e. The second-order valence-corrected chi connectivity index (χ2v) is 6.05. The predicted molar refractivity (Wildman–Crippen MR) is 69.8 cm³/mol. The van der Waals surface area contributed by atoms with Crippen LogP contribution in [0.4, 0.5) is 0 Å². The van der Waals surface area contributed by atoms with Gasteiger partial charge in [-0.25, -0.2) is 0 Å². The fourth-order valence-corrected chi connectivity index (χ4v) is 3.13. The third-order valence-electron chi connectivity index (χ3n) is 2.88. The lowest BCUT2D eigenvalue weighted by molar-refractivity contribution is -0.131. The van der Waals surface area contributed by atoms with E-state index in [0.29, 0.717) is 23.0 Å². The molecule has 0 atom stereocenters. The molecule has 0 aliphatic heterocycles. The number of carbonyl (C=O) groups excluding carboxylic acids is 1. The van der Waals surface area contributed by atoms with Crippen molar-refractivity contribution in [3.05, 3.63) is 14.5 Å². The molecule has 0 radical (unpaired) electrons. The number of rotatable bonds is 5. The Labute approximate surface area is 109 Å². The Morgan fingerprint density at radius 2 is 2.35 bits per heavy atom. The van der Waals surface area contributed by atoms with Crippen LogP contribution in [0.25, 0.3) is 0 Å². The first kappa shape index (κ1) is 12.7. The van der Waals surface area contributed by atoms with E-state index < -0.39 is 0 Å². The summed E-state index contributed by atoms with van der Waals surface area (Å²) in [6.45, 7) is 2.41. The maximum Gasteiger partial charge on any atom is 0.228 e. The molecule has 2 rings (SSSR count). The minimum Gasteiger partial charge on any atom is -0.395 e. The summed E-state index contributed by atoms with van der Waals surface area (Å²) in [4.78, 5) is 18.0. The molecule has 0 bridgehead atoms. The van der Waals surface area contributed by atoms with Gasteiger partial charge in [0.1, 0.15) is 0 Å². The molecule has 1 heterocycles. The van der Waals surface area contributed by atoms with E-state index in [9.17, 15) is 4.79 Å². The molecule has 2 N–H and O–H groups in total. The van der Waals surface area contributed by atoms with E-state index in [4.69, 9.17) is 17.3 Å². The first-order valence-electron chi connectivity index (χ1n) is 5.70. The summed E-state index contributed by atoms with van der Waals surface area (Å²) < 4.78 is 0.713. The highest BCUT2D eigenvalue weighted by molar-refractivity contribution is 7.73. The van der Waals surface area contributed by atoms with Gasteiger partial charge < -0.3 is 15.0 Å². The minimum atomic E-state index is 0.0318. The van der Waals surface area contributed by atoms with Gasteiger partial charge in [-0.1, -0.05) is 0 Å². The van der Waals surface area contributed by atoms with Gasteiger partial charge >= 0.3 is 0 Å². The highest BCUT2D eigenvalue weighted by Crippen LogP contribution is 2.27. The zero-order valence-electron chi connectivity index (χ0n) is 9.73. The Balaban J connectivity index is 2.04. The van der Waals surface area contributed by atoms with E-state index in [1.807, 2.05) is 6.92 Å². The summed E-state index contributed by atoms with van der Waals surface area (Å²) in [7, 11) is 0. The Kier molecular flexibility index (Phi) is 3.96. The molecule has 17 heavy (non-hydrogen) atoms. The number of aromatic nitrogens is 1. The average molecular weight is 272 g/mol. The number of aryl methyl sites for hydroxylation is 1. The van der Waals surface area contributed by atoms with Gasteiger partial charge in [0.2, 0.25) is 5.91 Å². The van der Waals surface area contributed by atoms with Crippen molar-refractivity contribution in [2.24, 2.45) is 0 Å². The van der Waals surface area contributed by atoms with Crippen LogP contribution in [0.15, 0.2) is 0 Å². The van der Waals surface area contributed by atoms with Gasteiger partial charge in [-0.15, -0.1) is 11.3 Å². The fourth-order valence-electron chi connectivity index (χ4n) is 1.85. The van der Waals surface area contributed by atoms with E-state index in [-0.39, 0.29) is 12.5 Å². The van der Waals surface area contributed by atoms with Crippen LogP contribution < -0.4 is 0 Å². The molecule has 0 unspecified atom stereocenters. The van der Waals surface area contributed by atoms with Crippen molar-refractivity contribution in [2.45, 2.75) is 32.2 Å². The highest BCUT2D eigenvalue weighted by atomic mass is 32.1. The molecule has 94 valence electrons. The van der Waals surface area contributed by atoms with Crippen molar-refractivity contribution in [3.63, 3.8) is 0 Å². The van der Waals surface area contributed by atoms with E-state index in [1.54, 1.807) is 4.90 Å². The first-order chi connectivity index (χ1) is 8.11. The first-order valence-corrected chi connectivity index (χ1v) is 6.93. The fraction of sp³-hybridized carbons (Fsp3) is 0.636. The van der Waals surface area contributed by atoms with E-state index in [2.05, 4.69) is 4.98 Å². The number of aromatic amines is 1. The number of nitrogens with zero attached hydrogens (tertiary/aromatic N) is 1. The van der Waals surface area contributed by atoms with Gasteiger partial charge in [0.05, 0.1) is 13.0 Å². The van der Waals surface area contributed by atoms with Crippen LogP contribution >= 0.6 is 23.6 Å². The summed E-state index contributed by atoms with van der Waals surface area (Å²) in [5, 5.41) is 8.97. The third-order valence-corrected chi connectivity index (χ3v) is 4.22. The van der Waals surface area contributed by atoms with Gasteiger partial charge in [0.25, 0.3) is 0 Å². The monoisotopic (exact) mass is 272 g/mol. The van der Waals surface area contributed by atoms with Crippen molar-refractivity contribution in [1.82, 2.24) is 9.88 Å². The molecule has 1 aliphatic carbocycles. The number of hydrogen-bond acceptors (Lipinski definition) is 4. The lowest BCUT2D eigenvalue weighted by Gasteiger charge is -2.21. The number of carbonyl (C=O) groups is 1. The number of hydrogen-bond donors (Lipinski definition) is 2. The Bertz CT molecular complexity index is 462. The van der Waals surface area contributed by atoms with Crippen LogP contribution in [0.1, 0.15) is 23.4 Å². The third kappa shape index (κ3) is 3.14. The average Bonchev–Trinajstić information content (AvgIpc) is 3.03. The minimum absolute atomic E-state index is 0.0318. The molecule has 6 heteroatoms. The Morgan fingerprint density at radius 1 is 1.65 bits per heavy atom. The van der Waals surface area contributed by atoms with Crippen LogP contribution in [0, 0.1) is 10.9 Å². The van der Waals surface area contributed by atoms with Crippen LogP contribution in [-0.4, -0.2) is 40.1 Å². The SMILES string of the molecule is Cc1[nH]c(=S)sc1CC(=O)N(CCO)C1CC1. The summed E-state index contributed by atoms with van der Waals surface area (Å²) in [5.41, 5.74) is 0.980. The van der Waals surface area contributed by atoms with Crippen molar-refractivity contribution in [1.29, 1.82) is 0 Å². The molecule has 4 nitrogen and oxygen atoms in total. The number of amides is 1. The molecule has 1 saturated carbocycles. The lowest BCUT2D eigenvalue weighted by Crippen LogP contribution is -2.36. The maximum absolute atomic E-state index is 12.1. The van der Waals surface area contributed by atoms with E-state index >= 15 is 0 Å². The Morgan fingerprint density at radius 3 is 2.82 bits per heavy atom. The topological polar surface area (TPSA) is 56.3 Å². The number of H-pyrrole nitrogens is 1. The molecule has 0 saturated heterocycles. The van der Waals surface area contributed by atoms with Crippen molar-refractivity contribution >= 4 is 29.5 Å². The second-order valence-electron chi connectivity index (χ2n) is 4.28. The standard InChI is InChI=1S/C11H16N2O2S2/c1-7-9(17-11(16)12-7)6-10(15)13(4-5-14)8-2-3-8/h8,14H,2-6H2,1H3,(H,12,16). The van der Waals surface area contributed by atoms with Crippen molar-refractivity contribution in [2.75, 3.05) is 13.2 Å². The molecule has 1 amide bonds. The van der Waals surface area contributed by atoms with E-state index in [1.165, 1.54) is 11.3 Å². The molecule has 1 aromatic heterocycles. The molecule has 0 spiro atoms. The summed E-state index contributed by atoms with van der Waals surface area (Å²) >= 11 is 6.51. The summed E-state index contributed by atoms with van der Waals surface area (Å²) in [6, 6.07) is 0.349. The summed E-state index contributed by atoms with van der Waals surface area (Å²) in [6.07, 6.45) is 2.52. The van der Waals surface area contributed by atoms with Crippen molar-refractivity contribution in [3.8, 4) is 0 Å². The van der Waals surface area contributed by atoms with Crippen molar-refractivity contribution < 1.29 is 9.90 Å². The summed E-state index contributed by atoms with van der Waals surface area (Å²) in [5.74, 6) is 0.0925. The molecule has 1 fully saturated rings. The van der Waals surface area contributed by atoms with Gasteiger partial charge in [-0.2, -0.15) is 0 Å². The lowest BCUT2D eigenvalue weighted by atomic mass is 10.2. The molecule has 1 aromatic rings. The zero-order chi connectivity index (χ0) is 12.4. The van der Waals surface area contributed by atoms with Gasteiger partial charge in [-0.05, 0) is 32.0 Å². The maximum atomic E-state index is 12.1. The number of nitrogens with one attached hydrogen (secondary N) is 1. The highest BCUT2D eigenvalue weighted by Gasteiger charge is 2.32. The molecule has 0 aromatic carbocycles. The van der Waals surface area contributed by atoms with Crippen LogP contribution in [0.2, 0.25) is 0 Å². The van der Waals surface area contributed by atoms with E-state index in [0.717, 1.165) is 23.4 Å². The van der Waals surface area contributed by atoms with Crippen LogP contribution in [0.3, 0.4) is 0 Å². The zero-order valence-corrected chi connectivity index (χ0v) is 11.4. The number of aliphatic hydroxyl groups is 1. The molecular formula is C11H16N2O2S2. The second kappa shape index (κ2) is 5.29. The normalized spacial score (nSPS) is 14.9. The number of aliphatic hydroxyl groups excluding tert-OH is 1. The van der Waals surface area contributed by atoms with Crippen LogP contribution in [0.5, 0.6) is 0 Å². The van der Waals surface area contributed by atoms with Crippen LogP contribution in [-0.2, 0) is 11.2 Å². The van der Waals surface area contributed by atoms with Gasteiger partial charge in [-0.3, -0.25) is 4.79 Å². The van der Waals surface area contributed by atoms with Gasteiger partial charge in [0, 0.05) is 23.2 Å².